The molecule has 1 aliphatic rings. The van der Waals surface area contributed by atoms with Gasteiger partial charge in [0.15, 0.2) is 6.10 Å². The third-order valence-electron chi connectivity index (χ3n) is 5.73. The first kappa shape index (κ1) is 19.4. The number of ether oxygens (including phenoxy) is 1. The van der Waals surface area contributed by atoms with E-state index in [0.717, 1.165) is 43.3 Å². The molecule has 0 bridgehead atoms. The van der Waals surface area contributed by atoms with Crippen molar-refractivity contribution in [2.45, 2.75) is 45.6 Å². The number of pyridine rings is 1. The minimum absolute atomic E-state index is 0.0726. The summed E-state index contributed by atoms with van der Waals surface area (Å²) in [6.45, 7) is 5.69. The Balaban J connectivity index is 1.59. The maximum Gasteiger partial charge on any atom is 0.263 e. The first-order valence-electron chi connectivity index (χ1n) is 10.6. The van der Waals surface area contributed by atoms with Crippen molar-refractivity contribution in [2.24, 2.45) is 0 Å². The summed E-state index contributed by atoms with van der Waals surface area (Å²) >= 11 is 0. The van der Waals surface area contributed by atoms with Crippen molar-refractivity contribution in [3.8, 4) is 16.9 Å². The highest BCUT2D eigenvalue weighted by Crippen LogP contribution is 2.32. The van der Waals surface area contributed by atoms with E-state index in [1.165, 1.54) is 23.1 Å². The monoisotopic (exact) mass is 388 g/mol. The molecule has 4 heteroatoms. The van der Waals surface area contributed by atoms with Crippen LogP contribution in [0.1, 0.15) is 38.7 Å². The normalized spacial score (nSPS) is 15.3. The molecule has 1 amide bonds. The molecule has 0 aliphatic carbocycles. The Kier molecular flexibility index (Phi) is 5.79. The third kappa shape index (κ3) is 4.12. The quantitative estimate of drug-likeness (QED) is 0.600. The van der Waals surface area contributed by atoms with Gasteiger partial charge in [0.25, 0.3) is 5.91 Å². The molecule has 29 heavy (non-hydrogen) atoms. The van der Waals surface area contributed by atoms with Crippen molar-refractivity contribution in [2.75, 3.05) is 13.1 Å². The number of hydrogen-bond donors (Lipinski definition) is 0. The number of rotatable bonds is 5. The van der Waals surface area contributed by atoms with Gasteiger partial charge in [-0.15, -0.1) is 0 Å². The molecule has 0 saturated carbocycles. The summed E-state index contributed by atoms with van der Waals surface area (Å²) in [5, 5.41) is 1.09. The molecule has 3 aromatic rings. The Hall–Kier alpha value is -2.88. The van der Waals surface area contributed by atoms with E-state index in [2.05, 4.69) is 48.3 Å². The second kappa shape index (κ2) is 8.64. The van der Waals surface area contributed by atoms with Crippen LogP contribution in [0, 0.1) is 0 Å². The van der Waals surface area contributed by atoms with Crippen LogP contribution in [0.15, 0.2) is 54.7 Å². The number of nitrogens with zero attached hydrogens (tertiary/aromatic N) is 2. The zero-order valence-electron chi connectivity index (χ0n) is 17.2. The van der Waals surface area contributed by atoms with Gasteiger partial charge < -0.3 is 9.64 Å². The SMILES string of the molecule is CCc1ccccc1-c1ccnc2cc(OC(C)C(=O)N3CCCCC3)ccc12. The zero-order valence-corrected chi connectivity index (χ0v) is 17.2. The highest BCUT2D eigenvalue weighted by Gasteiger charge is 2.23. The summed E-state index contributed by atoms with van der Waals surface area (Å²) < 4.78 is 6.00. The summed E-state index contributed by atoms with van der Waals surface area (Å²) in [5.41, 5.74) is 4.62. The molecule has 1 saturated heterocycles. The number of hydrogen-bond acceptors (Lipinski definition) is 3. The molecular formula is C25H28N2O2. The van der Waals surface area contributed by atoms with E-state index in [1.807, 2.05) is 30.2 Å². The molecule has 1 atom stereocenters. The van der Waals surface area contributed by atoms with Crippen LogP contribution in [0.4, 0.5) is 0 Å². The fourth-order valence-corrected chi connectivity index (χ4v) is 4.15. The van der Waals surface area contributed by atoms with Crippen molar-refractivity contribution >= 4 is 16.8 Å². The number of aromatic nitrogens is 1. The zero-order chi connectivity index (χ0) is 20.2. The maximum absolute atomic E-state index is 12.7. The Morgan fingerprint density at radius 1 is 1.07 bits per heavy atom. The van der Waals surface area contributed by atoms with E-state index in [9.17, 15) is 4.79 Å². The topological polar surface area (TPSA) is 42.4 Å². The van der Waals surface area contributed by atoms with E-state index in [-0.39, 0.29) is 5.91 Å². The van der Waals surface area contributed by atoms with Crippen molar-refractivity contribution in [3.63, 3.8) is 0 Å². The second-order valence-corrected chi connectivity index (χ2v) is 7.69. The molecule has 0 spiro atoms. The maximum atomic E-state index is 12.7. The van der Waals surface area contributed by atoms with Crippen LogP contribution < -0.4 is 4.74 Å². The van der Waals surface area contributed by atoms with Crippen LogP contribution in [0.5, 0.6) is 5.75 Å². The highest BCUT2D eigenvalue weighted by atomic mass is 16.5. The van der Waals surface area contributed by atoms with Gasteiger partial charge in [-0.1, -0.05) is 31.2 Å². The van der Waals surface area contributed by atoms with E-state index in [0.29, 0.717) is 5.75 Å². The largest absolute Gasteiger partial charge is 0.481 e. The Morgan fingerprint density at radius 3 is 2.66 bits per heavy atom. The number of likely N-dealkylation sites (tertiary alicyclic amines) is 1. The lowest BCUT2D eigenvalue weighted by Crippen LogP contribution is -2.43. The predicted octanol–water partition coefficient (Wildman–Crippen LogP) is 5.24. The van der Waals surface area contributed by atoms with Gasteiger partial charge in [0.05, 0.1) is 5.52 Å². The standard InChI is InChI=1S/C25H28N2O2/c1-3-19-9-5-6-10-21(19)22-13-14-26-24-17-20(11-12-23(22)24)29-18(2)25(28)27-15-7-4-8-16-27/h5-6,9-14,17-18H,3-4,7-8,15-16H2,1-2H3. The smallest absolute Gasteiger partial charge is 0.263 e. The molecule has 0 N–H and O–H groups in total. The molecule has 1 fully saturated rings. The van der Waals surface area contributed by atoms with Crippen LogP contribution in [0.3, 0.4) is 0 Å². The Bertz CT molecular complexity index is 1010. The van der Waals surface area contributed by atoms with Gasteiger partial charge in [0, 0.05) is 30.7 Å². The van der Waals surface area contributed by atoms with Gasteiger partial charge in [-0.05, 0) is 67.5 Å². The number of carbonyl (C=O) groups excluding carboxylic acids is 1. The van der Waals surface area contributed by atoms with E-state index >= 15 is 0 Å². The molecule has 4 rings (SSSR count). The van der Waals surface area contributed by atoms with E-state index in [1.54, 1.807) is 0 Å². The molecule has 2 aromatic carbocycles. The number of benzene rings is 2. The molecule has 1 unspecified atom stereocenters. The van der Waals surface area contributed by atoms with Gasteiger partial charge in [-0.3, -0.25) is 9.78 Å². The fourth-order valence-electron chi connectivity index (χ4n) is 4.15. The van der Waals surface area contributed by atoms with Crippen molar-refractivity contribution in [1.82, 2.24) is 9.88 Å². The molecule has 150 valence electrons. The van der Waals surface area contributed by atoms with E-state index in [4.69, 9.17) is 4.74 Å². The lowest BCUT2D eigenvalue weighted by Gasteiger charge is -2.29. The third-order valence-corrected chi connectivity index (χ3v) is 5.73. The summed E-state index contributed by atoms with van der Waals surface area (Å²) in [5.74, 6) is 0.757. The van der Waals surface area contributed by atoms with Gasteiger partial charge >= 0.3 is 0 Å². The highest BCUT2D eigenvalue weighted by molar-refractivity contribution is 5.95. The minimum atomic E-state index is -0.491. The van der Waals surface area contributed by atoms with Crippen molar-refractivity contribution in [1.29, 1.82) is 0 Å². The van der Waals surface area contributed by atoms with Gasteiger partial charge in [0.2, 0.25) is 0 Å². The van der Waals surface area contributed by atoms with E-state index < -0.39 is 6.10 Å². The number of aryl methyl sites for hydroxylation is 1. The lowest BCUT2D eigenvalue weighted by atomic mass is 9.95. The van der Waals surface area contributed by atoms with Crippen LogP contribution in [-0.4, -0.2) is 35.0 Å². The fraction of sp³-hybridized carbons (Fsp3) is 0.360. The van der Waals surface area contributed by atoms with Gasteiger partial charge in [0.1, 0.15) is 5.75 Å². The lowest BCUT2D eigenvalue weighted by molar-refractivity contribution is -0.138. The molecule has 0 radical (unpaired) electrons. The molecule has 4 nitrogen and oxygen atoms in total. The Labute approximate surface area is 172 Å². The molecule has 1 aromatic heterocycles. The summed E-state index contributed by atoms with van der Waals surface area (Å²) in [6.07, 6.45) is 5.71. The first-order chi connectivity index (χ1) is 14.2. The van der Waals surface area contributed by atoms with Crippen LogP contribution in [0.2, 0.25) is 0 Å². The predicted molar refractivity (Wildman–Crippen MR) is 117 cm³/mol. The Morgan fingerprint density at radius 2 is 1.86 bits per heavy atom. The number of amides is 1. The first-order valence-corrected chi connectivity index (χ1v) is 10.6. The molecular weight excluding hydrogens is 360 g/mol. The molecule has 1 aliphatic heterocycles. The second-order valence-electron chi connectivity index (χ2n) is 7.69. The summed E-state index contributed by atoms with van der Waals surface area (Å²) in [6, 6.07) is 16.5. The number of fused-ring (bicyclic) bond motifs is 1. The molecule has 2 heterocycles. The number of carbonyl (C=O) groups is 1. The van der Waals surface area contributed by atoms with Crippen molar-refractivity contribution in [3.05, 3.63) is 60.3 Å². The summed E-state index contributed by atoms with van der Waals surface area (Å²) in [7, 11) is 0. The average Bonchev–Trinajstić information content (AvgIpc) is 2.78. The van der Waals surface area contributed by atoms with Crippen molar-refractivity contribution < 1.29 is 9.53 Å². The average molecular weight is 389 g/mol. The minimum Gasteiger partial charge on any atom is -0.481 e. The van der Waals surface area contributed by atoms with Gasteiger partial charge in [-0.2, -0.15) is 0 Å². The number of piperidine rings is 1. The van der Waals surface area contributed by atoms with Crippen LogP contribution >= 0.6 is 0 Å². The van der Waals surface area contributed by atoms with Crippen LogP contribution in [-0.2, 0) is 11.2 Å². The summed E-state index contributed by atoms with van der Waals surface area (Å²) in [4.78, 5) is 19.1. The van der Waals surface area contributed by atoms with Gasteiger partial charge in [-0.25, -0.2) is 0 Å². The van der Waals surface area contributed by atoms with Crippen LogP contribution in [0.25, 0.3) is 22.0 Å².